The molecule has 0 aliphatic carbocycles. The number of nitrogens with zero attached hydrogens (tertiary/aromatic N) is 1. The lowest BCUT2D eigenvalue weighted by molar-refractivity contribution is 0.262. The van der Waals surface area contributed by atoms with Crippen LogP contribution in [0.1, 0.15) is 0 Å². The highest BCUT2D eigenvalue weighted by molar-refractivity contribution is 5.99. The molecular weight excluding hydrogens is 273 g/mol. The van der Waals surface area contributed by atoms with Gasteiger partial charge in [0.15, 0.2) is 6.61 Å². The third kappa shape index (κ3) is 4.51. The Hall–Kier alpha value is -3.07. The fourth-order valence-corrected chi connectivity index (χ4v) is 1.58. The van der Waals surface area contributed by atoms with Crippen LogP contribution >= 0.6 is 0 Å². The second kappa shape index (κ2) is 6.91. The predicted molar refractivity (Wildman–Crippen MR) is 76.6 cm³/mol. The van der Waals surface area contributed by atoms with E-state index in [2.05, 4.69) is 10.6 Å². The van der Waals surface area contributed by atoms with Gasteiger partial charge in [-0.15, -0.1) is 0 Å². The minimum absolute atomic E-state index is 0.0299. The van der Waals surface area contributed by atoms with E-state index in [-0.39, 0.29) is 12.4 Å². The average molecular weight is 285 g/mol. The zero-order valence-electron chi connectivity index (χ0n) is 11.0. The highest BCUT2D eigenvalue weighted by atomic mass is 19.1. The van der Waals surface area contributed by atoms with Crippen molar-refractivity contribution in [2.45, 2.75) is 0 Å². The van der Waals surface area contributed by atoms with E-state index < -0.39 is 6.03 Å². The molecule has 0 aliphatic rings. The maximum atomic E-state index is 12.7. The highest BCUT2D eigenvalue weighted by Crippen LogP contribution is 2.16. The van der Waals surface area contributed by atoms with Gasteiger partial charge < -0.3 is 15.4 Å². The summed E-state index contributed by atoms with van der Waals surface area (Å²) in [5.74, 6) is 0.176. The minimum atomic E-state index is -0.438. The highest BCUT2D eigenvalue weighted by Gasteiger charge is 2.03. The maximum absolute atomic E-state index is 12.7. The number of rotatable bonds is 4. The number of hydrogen-bond donors (Lipinski definition) is 2. The maximum Gasteiger partial charge on any atom is 0.323 e. The van der Waals surface area contributed by atoms with Gasteiger partial charge >= 0.3 is 6.03 Å². The van der Waals surface area contributed by atoms with Crippen molar-refractivity contribution < 1.29 is 13.9 Å². The molecule has 0 fully saturated rings. The van der Waals surface area contributed by atoms with Crippen LogP contribution in [0.15, 0.2) is 48.5 Å². The first-order valence-electron chi connectivity index (χ1n) is 6.11. The van der Waals surface area contributed by atoms with Crippen molar-refractivity contribution in [2.24, 2.45) is 0 Å². The lowest BCUT2D eigenvalue weighted by Crippen LogP contribution is -2.19. The van der Waals surface area contributed by atoms with E-state index in [1.165, 1.54) is 24.3 Å². The van der Waals surface area contributed by atoms with Crippen LogP contribution in [0.2, 0.25) is 0 Å². The van der Waals surface area contributed by atoms with Crippen LogP contribution in [0, 0.1) is 17.1 Å². The van der Waals surface area contributed by atoms with E-state index >= 15 is 0 Å². The summed E-state index contributed by atoms with van der Waals surface area (Å²) in [6.07, 6.45) is 0. The molecule has 0 saturated heterocycles. The van der Waals surface area contributed by atoms with Crippen LogP contribution < -0.4 is 15.4 Å². The molecular formula is C15H12FN3O2. The molecule has 0 heterocycles. The van der Waals surface area contributed by atoms with Crippen molar-refractivity contribution in [1.82, 2.24) is 0 Å². The zero-order chi connectivity index (χ0) is 15.1. The summed E-state index contributed by atoms with van der Waals surface area (Å²) in [4.78, 5) is 11.7. The Morgan fingerprint density at radius 1 is 1.05 bits per heavy atom. The monoisotopic (exact) mass is 285 g/mol. The Kier molecular flexibility index (Phi) is 4.72. The molecule has 0 radical (unpaired) electrons. The Labute approximate surface area is 121 Å². The summed E-state index contributed by atoms with van der Waals surface area (Å²) in [5, 5.41) is 13.6. The topological polar surface area (TPSA) is 74.1 Å². The van der Waals surface area contributed by atoms with E-state index in [1.54, 1.807) is 24.3 Å². The van der Waals surface area contributed by atoms with Crippen molar-refractivity contribution in [3.63, 3.8) is 0 Å². The Balaban J connectivity index is 1.90. The van der Waals surface area contributed by atoms with Crippen molar-refractivity contribution in [2.75, 3.05) is 17.2 Å². The standard InChI is InChI=1S/C15H12FN3O2/c16-11-1-3-12(4-2-11)18-15(20)19-13-5-7-14(8-6-13)21-10-9-17/h1-8H,10H2,(H2,18,19,20). The van der Waals surface area contributed by atoms with Crippen LogP contribution in [0.5, 0.6) is 5.75 Å². The summed E-state index contributed by atoms with van der Waals surface area (Å²) in [5.41, 5.74) is 1.06. The first-order chi connectivity index (χ1) is 10.2. The average Bonchev–Trinajstić information content (AvgIpc) is 2.49. The number of halogens is 1. The van der Waals surface area contributed by atoms with Gasteiger partial charge in [-0.2, -0.15) is 5.26 Å². The molecule has 21 heavy (non-hydrogen) atoms. The van der Waals surface area contributed by atoms with Gasteiger partial charge in [0.2, 0.25) is 0 Å². The number of amides is 2. The number of carbonyl (C=O) groups excluding carboxylic acids is 1. The van der Waals surface area contributed by atoms with Crippen molar-refractivity contribution in [3.8, 4) is 11.8 Å². The molecule has 2 aromatic carbocycles. The molecule has 0 bridgehead atoms. The van der Waals surface area contributed by atoms with Crippen LogP contribution in [0.4, 0.5) is 20.6 Å². The number of hydrogen-bond acceptors (Lipinski definition) is 3. The third-order valence-corrected chi connectivity index (χ3v) is 2.52. The SMILES string of the molecule is N#CCOc1ccc(NC(=O)Nc2ccc(F)cc2)cc1. The van der Waals surface area contributed by atoms with Crippen molar-refractivity contribution >= 4 is 17.4 Å². The van der Waals surface area contributed by atoms with E-state index in [1.807, 2.05) is 6.07 Å². The summed E-state index contributed by atoms with van der Waals surface area (Å²) in [6.45, 7) is -0.0299. The van der Waals surface area contributed by atoms with E-state index in [0.717, 1.165) is 0 Å². The van der Waals surface area contributed by atoms with Crippen molar-refractivity contribution in [3.05, 3.63) is 54.3 Å². The summed E-state index contributed by atoms with van der Waals surface area (Å²) >= 11 is 0. The molecule has 0 atom stereocenters. The van der Waals surface area contributed by atoms with E-state index in [4.69, 9.17) is 10.00 Å². The number of carbonyl (C=O) groups is 1. The molecule has 0 aliphatic heterocycles. The first-order valence-corrected chi connectivity index (χ1v) is 6.11. The van der Waals surface area contributed by atoms with Gasteiger partial charge in [-0.3, -0.25) is 0 Å². The van der Waals surface area contributed by atoms with Gasteiger partial charge in [-0.1, -0.05) is 0 Å². The fourth-order valence-electron chi connectivity index (χ4n) is 1.58. The minimum Gasteiger partial charge on any atom is -0.479 e. The smallest absolute Gasteiger partial charge is 0.323 e. The van der Waals surface area contributed by atoms with E-state index in [0.29, 0.717) is 17.1 Å². The molecule has 2 rings (SSSR count). The van der Waals surface area contributed by atoms with Crippen LogP contribution in [0.25, 0.3) is 0 Å². The molecule has 2 aromatic rings. The van der Waals surface area contributed by atoms with Gasteiger partial charge in [0.05, 0.1) is 0 Å². The molecule has 0 spiro atoms. The molecule has 6 heteroatoms. The second-order valence-corrected chi connectivity index (χ2v) is 4.06. The first kappa shape index (κ1) is 14.3. The molecule has 0 aromatic heterocycles. The lowest BCUT2D eigenvalue weighted by Gasteiger charge is -2.08. The molecule has 5 nitrogen and oxygen atoms in total. The largest absolute Gasteiger partial charge is 0.479 e. The zero-order valence-corrected chi connectivity index (χ0v) is 11.0. The molecule has 2 amide bonds. The predicted octanol–water partition coefficient (Wildman–Crippen LogP) is 3.37. The van der Waals surface area contributed by atoms with Gasteiger partial charge in [-0.05, 0) is 48.5 Å². The Bertz CT molecular complexity index is 648. The van der Waals surface area contributed by atoms with Gasteiger partial charge in [-0.25, -0.2) is 9.18 Å². The number of nitriles is 1. The summed E-state index contributed by atoms with van der Waals surface area (Å²) in [6, 6.07) is 13.5. The second-order valence-electron chi connectivity index (χ2n) is 4.06. The van der Waals surface area contributed by atoms with Gasteiger partial charge in [0, 0.05) is 11.4 Å². The Morgan fingerprint density at radius 3 is 2.10 bits per heavy atom. The number of anilines is 2. The molecule has 2 N–H and O–H groups in total. The van der Waals surface area contributed by atoms with Crippen LogP contribution in [0.3, 0.4) is 0 Å². The third-order valence-electron chi connectivity index (χ3n) is 2.52. The van der Waals surface area contributed by atoms with Crippen LogP contribution in [-0.2, 0) is 0 Å². The number of benzene rings is 2. The quantitative estimate of drug-likeness (QED) is 0.904. The number of ether oxygens (including phenoxy) is 1. The van der Waals surface area contributed by atoms with E-state index in [9.17, 15) is 9.18 Å². The molecule has 0 unspecified atom stereocenters. The van der Waals surface area contributed by atoms with Gasteiger partial charge in [0.25, 0.3) is 0 Å². The van der Waals surface area contributed by atoms with Crippen molar-refractivity contribution in [1.29, 1.82) is 5.26 Å². The van der Waals surface area contributed by atoms with Crippen LogP contribution in [-0.4, -0.2) is 12.6 Å². The summed E-state index contributed by atoms with van der Waals surface area (Å²) < 4.78 is 17.8. The normalized spacial score (nSPS) is 9.52. The summed E-state index contributed by atoms with van der Waals surface area (Å²) in [7, 11) is 0. The fraction of sp³-hybridized carbons (Fsp3) is 0.0667. The Morgan fingerprint density at radius 2 is 1.57 bits per heavy atom. The number of urea groups is 1. The van der Waals surface area contributed by atoms with Gasteiger partial charge in [0.1, 0.15) is 17.6 Å². The molecule has 0 saturated carbocycles. The lowest BCUT2D eigenvalue weighted by atomic mass is 10.3. The molecule has 106 valence electrons. The number of nitrogens with one attached hydrogen (secondary N) is 2.